The highest BCUT2D eigenvalue weighted by Crippen LogP contribution is 2.65. The monoisotopic (exact) mass is 1030 g/mol. The number of alkyl carbamates (subject to hydrolysis) is 1. The van der Waals surface area contributed by atoms with Crippen molar-refractivity contribution >= 4 is 20.5 Å². The van der Waals surface area contributed by atoms with E-state index in [-0.39, 0.29) is 61.2 Å². The molecule has 3 saturated carbocycles. The molecule has 4 aliphatic carbocycles. The number of carbonyl (C=O) groups is 2. The molecule has 0 radical (unpaired) electrons. The molecule has 402 valence electrons. The number of hydrogen-bond acceptors (Lipinski definition) is 10. The Labute approximate surface area is 444 Å². The summed E-state index contributed by atoms with van der Waals surface area (Å²) in [5.41, 5.74) is 4.04. The molecule has 1 N–H and O–H groups in total. The van der Waals surface area contributed by atoms with Crippen LogP contribution in [0, 0.1) is 45.8 Å². The molecule has 3 aromatic rings. The molecule has 1 heterocycles. The van der Waals surface area contributed by atoms with Crippen LogP contribution < -0.4 is 14.8 Å². The lowest BCUT2D eigenvalue weighted by Gasteiger charge is -2.57. The Bertz CT molecular complexity index is 2320. The fourth-order valence-corrected chi connectivity index (χ4v) is 15.7. The third-order valence-corrected chi connectivity index (χ3v) is 19.9. The van der Waals surface area contributed by atoms with Gasteiger partial charge in [0, 0.05) is 50.5 Å². The van der Waals surface area contributed by atoms with Crippen molar-refractivity contribution in [2.75, 3.05) is 47.1 Å². The fourth-order valence-electron chi connectivity index (χ4n) is 13.9. The number of hydrogen-bond donors (Lipinski definition) is 1. The minimum absolute atomic E-state index is 0.0607. The van der Waals surface area contributed by atoms with Crippen molar-refractivity contribution in [1.29, 1.82) is 5.26 Å². The predicted molar refractivity (Wildman–Crippen MR) is 291 cm³/mol. The lowest BCUT2D eigenvalue weighted by Crippen LogP contribution is -2.49. The van der Waals surface area contributed by atoms with Crippen molar-refractivity contribution in [1.82, 2.24) is 14.9 Å². The SMILES string of the molecule is COc1ccc(C(OCC2CN(C(=O)CCCCCNC(=O)OC3CCC4(C)C(=CCC5C6CCCC6(C)CCC54)C3)CC2OP(OCCC#N)N(C(C)C)C(C)C)(c2ccccc2)c2ccc(OC)cc2)cc1. The summed E-state index contributed by atoms with van der Waals surface area (Å²) in [4.78, 5) is 29.3. The highest BCUT2D eigenvalue weighted by molar-refractivity contribution is 7.44. The Kier molecular flexibility index (Phi) is 18.9. The molecule has 0 bridgehead atoms. The number of ether oxygens (including phenoxy) is 4. The molecule has 74 heavy (non-hydrogen) atoms. The molecular weight excluding hydrogens is 948 g/mol. The predicted octanol–water partition coefficient (Wildman–Crippen LogP) is 13.1. The summed E-state index contributed by atoms with van der Waals surface area (Å²) in [7, 11) is 1.72. The van der Waals surface area contributed by atoms with Crippen LogP contribution in [0.15, 0.2) is 90.5 Å². The van der Waals surface area contributed by atoms with E-state index in [2.05, 4.69) is 75.8 Å². The summed E-state index contributed by atoms with van der Waals surface area (Å²) in [6.07, 6.45) is 15.6. The minimum atomic E-state index is -1.60. The Morgan fingerprint density at radius 1 is 0.838 bits per heavy atom. The molecule has 9 atom stereocenters. The molecular formula is C61H85N4O8P. The summed E-state index contributed by atoms with van der Waals surface area (Å²) < 4.78 is 40.4. The molecule has 8 rings (SSSR count). The van der Waals surface area contributed by atoms with Crippen LogP contribution in [0.2, 0.25) is 0 Å². The van der Waals surface area contributed by atoms with Crippen LogP contribution in [0.25, 0.3) is 0 Å². The second-order valence-corrected chi connectivity index (χ2v) is 24.3. The standard InChI is InChI=1S/C61H85N4O8P/c1-43(2)65(44(3)4)74(71-38-16-36-62)73-56-41-64(40-45(56)42-70-61(46-17-11-9-12-18-46,47-21-26-50(68-7)27-22-47)48-23-28-51(69-8)29-24-48)57(66)20-13-10-14-37-63-58(67)72-52-31-35-60(6)49(39-52)25-30-53-54-19-15-33-59(54,5)34-32-55(53)60/h9,11-12,17-18,21-29,43-45,52-56H,10,13-16,19-20,30-35,37-42H2,1-8H3,(H,63,67). The number of fused-ring (bicyclic) bond motifs is 5. The first kappa shape index (κ1) is 55.7. The van der Waals surface area contributed by atoms with Crippen molar-refractivity contribution in [3.05, 3.63) is 107 Å². The molecule has 13 heteroatoms. The number of unbranched alkanes of at least 4 members (excludes halogenated alkanes) is 2. The van der Waals surface area contributed by atoms with Crippen LogP contribution in [0.1, 0.15) is 148 Å². The van der Waals surface area contributed by atoms with Gasteiger partial charge in [-0.15, -0.1) is 0 Å². The number of nitrogens with one attached hydrogen (secondary N) is 1. The van der Waals surface area contributed by atoms with Crippen molar-refractivity contribution in [3.8, 4) is 17.6 Å². The zero-order valence-corrected chi connectivity index (χ0v) is 46.6. The van der Waals surface area contributed by atoms with Crippen molar-refractivity contribution in [2.45, 2.75) is 161 Å². The van der Waals surface area contributed by atoms with Crippen LogP contribution in [-0.2, 0) is 28.9 Å². The minimum Gasteiger partial charge on any atom is -0.497 e. The van der Waals surface area contributed by atoms with Gasteiger partial charge in [-0.2, -0.15) is 5.26 Å². The largest absolute Gasteiger partial charge is 0.497 e. The lowest BCUT2D eigenvalue weighted by molar-refractivity contribution is -0.130. The van der Waals surface area contributed by atoms with Gasteiger partial charge in [-0.3, -0.25) is 4.79 Å². The van der Waals surface area contributed by atoms with E-state index in [1.807, 2.05) is 71.6 Å². The highest BCUT2D eigenvalue weighted by atomic mass is 31.2. The summed E-state index contributed by atoms with van der Waals surface area (Å²) in [6, 6.07) is 28.7. The number of methoxy groups -OCH3 is 2. The maximum atomic E-state index is 14.2. The smallest absolute Gasteiger partial charge is 0.407 e. The van der Waals surface area contributed by atoms with Crippen LogP contribution in [0.4, 0.5) is 4.79 Å². The van der Waals surface area contributed by atoms with E-state index in [0.717, 1.165) is 78.0 Å². The molecule has 1 saturated heterocycles. The normalized spacial score (nSPS) is 26.9. The number of likely N-dealkylation sites (tertiary alicyclic amines) is 1. The van der Waals surface area contributed by atoms with Gasteiger partial charge >= 0.3 is 6.09 Å². The van der Waals surface area contributed by atoms with Gasteiger partial charge in [0.15, 0.2) is 0 Å². The number of benzene rings is 3. The first-order valence-corrected chi connectivity index (χ1v) is 29.0. The Hall–Kier alpha value is -4.50. The van der Waals surface area contributed by atoms with Gasteiger partial charge < -0.3 is 38.2 Å². The van der Waals surface area contributed by atoms with Gasteiger partial charge in [0.05, 0.1) is 46.0 Å². The number of allylic oxidation sites excluding steroid dienone is 1. The Morgan fingerprint density at radius 3 is 2.16 bits per heavy atom. The summed E-state index contributed by atoms with van der Waals surface area (Å²) in [6.45, 7) is 15.4. The van der Waals surface area contributed by atoms with Crippen LogP contribution in [0.3, 0.4) is 0 Å². The quantitative estimate of drug-likeness (QED) is 0.0424. The Morgan fingerprint density at radius 2 is 1.51 bits per heavy atom. The zero-order chi connectivity index (χ0) is 52.5. The number of carbonyl (C=O) groups excluding carboxylic acids is 2. The maximum absolute atomic E-state index is 14.2. The van der Waals surface area contributed by atoms with Gasteiger partial charge in [0.2, 0.25) is 5.91 Å². The van der Waals surface area contributed by atoms with E-state index in [9.17, 15) is 14.9 Å². The first-order valence-electron chi connectivity index (χ1n) is 27.9. The molecule has 3 aromatic carbocycles. The molecule has 1 aliphatic heterocycles. The number of amides is 2. The van der Waals surface area contributed by atoms with Gasteiger partial charge in [-0.05, 0) is 155 Å². The third-order valence-electron chi connectivity index (χ3n) is 17.8. The number of nitrogens with zero attached hydrogens (tertiary/aromatic N) is 3. The topological polar surface area (TPSA) is 132 Å². The highest BCUT2D eigenvalue weighted by Gasteiger charge is 2.56. The van der Waals surface area contributed by atoms with Crippen molar-refractivity contribution in [2.24, 2.45) is 34.5 Å². The van der Waals surface area contributed by atoms with Crippen LogP contribution in [-0.4, -0.2) is 92.9 Å². The maximum Gasteiger partial charge on any atom is 0.407 e. The van der Waals surface area contributed by atoms with Crippen molar-refractivity contribution in [3.63, 3.8) is 0 Å². The molecule has 12 nitrogen and oxygen atoms in total. The molecule has 2 amide bonds. The van der Waals surface area contributed by atoms with E-state index in [0.29, 0.717) is 37.9 Å². The first-order chi connectivity index (χ1) is 35.7. The average Bonchev–Trinajstić information content (AvgIpc) is 4.01. The molecule has 4 fully saturated rings. The fraction of sp³-hybridized carbons (Fsp3) is 0.623. The summed E-state index contributed by atoms with van der Waals surface area (Å²) in [5, 5.41) is 12.5. The van der Waals surface area contributed by atoms with Crippen molar-refractivity contribution < 1.29 is 37.6 Å². The number of nitriles is 1. The molecule has 9 unspecified atom stereocenters. The van der Waals surface area contributed by atoms with E-state index < -0.39 is 20.2 Å². The van der Waals surface area contributed by atoms with Crippen LogP contribution >= 0.6 is 8.53 Å². The number of rotatable bonds is 23. The van der Waals surface area contributed by atoms with Gasteiger partial charge in [-0.25, -0.2) is 9.46 Å². The lowest BCUT2D eigenvalue weighted by atomic mass is 9.48. The second-order valence-electron chi connectivity index (χ2n) is 22.9. The summed E-state index contributed by atoms with van der Waals surface area (Å²) in [5.74, 6) is 3.75. The van der Waals surface area contributed by atoms with E-state index in [1.54, 1.807) is 14.2 Å². The van der Waals surface area contributed by atoms with Gasteiger partial charge in [0.1, 0.15) is 23.2 Å². The molecule has 0 aromatic heterocycles. The third kappa shape index (κ3) is 12.3. The van der Waals surface area contributed by atoms with E-state index in [4.69, 9.17) is 28.0 Å². The second kappa shape index (κ2) is 25.1. The summed E-state index contributed by atoms with van der Waals surface area (Å²) >= 11 is 0. The zero-order valence-electron chi connectivity index (χ0n) is 45.7. The van der Waals surface area contributed by atoms with Gasteiger partial charge in [0.25, 0.3) is 8.53 Å². The molecule has 0 spiro atoms. The molecule has 5 aliphatic rings. The average molecular weight is 1030 g/mol. The van der Waals surface area contributed by atoms with E-state index >= 15 is 0 Å². The van der Waals surface area contributed by atoms with Gasteiger partial charge in [-0.1, -0.05) is 92.9 Å². The van der Waals surface area contributed by atoms with Crippen LogP contribution in [0.5, 0.6) is 11.5 Å². The Balaban J connectivity index is 0.906. The van der Waals surface area contributed by atoms with E-state index in [1.165, 1.54) is 44.1 Å².